The van der Waals surface area contributed by atoms with Gasteiger partial charge >= 0.3 is 0 Å². The molecule has 6 heteroatoms. The summed E-state index contributed by atoms with van der Waals surface area (Å²) in [6.07, 6.45) is 7.29. The molecule has 1 atom stereocenters. The summed E-state index contributed by atoms with van der Waals surface area (Å²) in [6, 6.07) is 9.52. The predicted octanol–water partition coefficient (Wildman–Crippen LogP) is 2.48. The Hall–Kier alpha value is -2.63. The van der Waals surface area contributed by atoms with E-state index in [1.165, 1.54) is 0 Å². The Labute approximate surface area is 141 Å². The van der Waals surface area contributed by atoms with E-state index in [4.69, 9.17) is 0 Å². The van der Waals surface area contributed by atoms with Gasteiger partial charge in [-0.3, -0.25) is 9.20 Å². The number of carbonyl (C=O) groups excluding carboxylic acids is 1. The Morgan fingerprint density at radius 3 is 2.62 bits per heavy atom. The van der Waals surface area contributed by atoms with E-state index in [1.807, 2.05) is 57.9 Å². The number of rotatable bonds is 7. The van der Waals surface area contributed by atoms with Gasteiger partial charge in [0.05, 0.1) is 0 Å². The molecule has 0 aliphatic carbocycles. The van der Waals surface area contributed by atoms with Crippen molar-refractivity contribution in [2.45, 2.75) is 32.7 Å². The third kappa shape index (κ3) is 3.64. The summed E-state index contributed by atoms with van der Waals surface area (Å²) in [5.74, 6) is 1.35. The number of pyridine rings is 1. The van der Waals surface area contributed by atoms with Crippen LogP contribution in [0.2, 0.25) is 0 Å². The largest absolute Gasteiger partial charge is 0.354 e. The molecule has 3 rings (SSSR count). The van der Waals surface area contributed by atoms with Crippen molar-refractivity contribution in [1.82, 2.24) is 24.5 Å². The molecule has 126 valence electrons. The highest BCUT2D eigenvalue weighted by molar-refractivity contribution is 5.80. The number of aromatic nitrogens is 4. The van der Waals surface area contributed by atoms with Gasteiger partial charge in [-0.25, -0.2) is 0 Å². The minimum absolute atomic E-state index is 0.0497. The van der Waals surface area contributed by atoms with E-state index >= 15 is 0 Å². The minimum atomic E-state index is -0.171. The number of fused-ring (bicyclic) bond motifs is 1. The monoisotopic (exact) mass is 325 g/mol. The summed E-state index contributed by atoms with van der Waals surface area (Å²) in [5, 5.41) is 11.4. The second-order valence-electron chi connectivity index (χ2n) is 6.36. The molecule has 0 saturated heterocycles. The summed E-state index contributed by atoms with van der Waals surface area (Å²) in [6.45, 7) is 4.81. The first-order valence-electron chi connectivity index (χ1n) is 8.34. The Balaban J connectivity index is 1.61. The van der Waals surface area contributed by atoms with Crippen LogP contribution in [0.1, 0.15) is 32.1 Å². The third-order valence-electron chi connectivity index (χ3n) is 4.02. The van der Waals surface area contributed by atoms with Crippen LogP contribution in [-0.2, 0) is 11.2 Å². The Bertz CT molecular complexity index is 791. The molecule has 0 aromatic carbocycles. The molecule has 3 aromatic heterocycles. The fourth-order valence-corrected chi connectivity index (χ4v) is 2.84. The number of hydrogen-bond donors (Lipinski definition) is 1. The maximum Gasteiger partial charge on any atom is 0.243 e. The lowest BCUT2D eigenvalue weighted by Gasteiger charge is -2.20. The van der Waals surface area contributed by atoms with Gasteiger partial charge in [-0.15, -0.1) is 10.2 Å². The fraction of sp³-hybridized carbons (Fsp3) is 0.389. The second-order valence-corrected chi connectivity index (χ2v) is 6.36. The van der Waals surface area contributed by atoms with Crippen molar-refractivity contribution in [3.63, 3.8) is 0 Å². The molecule has 3 heterocycles. The summed E-state index contributed by atoms with van der Waals surface area (Å²) in [4.78, 5) is 12.6. The van der Waals surface area contributed by atoms with Crippen LogP contribution in [0.5, 0.6) is 0 Å². The number of nitrogens with zero attached hydrogens (tertiary/aromatic N) is 4. The predicted molar refractivity (Wildman–Crippen MR) is 92.6 cm³/mol. The molecule has 0 aliphatic rings. The SMILES string of the molecule is CC(C)C[C@H](C(=O)NCCc1nnc2ccccn12)n1cccc1. The van der Waals surface area contributed by atoms with Gasteiger partial charge < -0.3 is 9.88 Å². The molecule has 0 unspecified atom stereocenters. The van der Waals surface area contributed by atoms with E-state index in [9.17, 15) is 4.79 Å². The van der Waals surface area contributed by atoms with Gasteiger partial charge in [0.25, 0.3) is 0 Å². The summed E-state index contributed by atoms with van der Waals surface area (Å²) >= 11 is 0. The normalized spacial score (nSPS) is 12.6. The lowest BCUT2D eigenvalue weighted by Crippen LogP contribution is -2.34. The summed E-state index contributed by atoms with van der Waals surface area (Å²) < 4.78 is 3.92. The maximum atomic E-state index is 12.6. The van der Waals surface area contributed by atoms with Crippen molar-refractivity contribution in [2.75, 3.05) is 6.54 Å². The van der Waals surface area contributed by atoms with E-state index < -0.39 is 0 Å². The van der Waals surface area contributed by atoms with Gasteiger partial charge in [-0.1, -0.05) is 19.9 Å². The van der Waals surface area contributed by atoms with Gasteiger partial charge in [-0.2, -0.15) is 0 Å². The molecule has 3 aromatic rings. The molecule has 0 saturated carbocycles. The van der Waals surface area contributed by atoms with Crippen LogP contribution in [0.4, 0.5) is 0 Å². The van der Waals surface area contributed by atoms with Gasteiger partial charge in [-0.05, 0) is 36.6 Å². The van der Waals surface area contributed by atoms with E-state index in [2.05, 4.69) is 29.4 Å². The van der Waals surface area contributed by atoms with Crippen molar-refractivity contribution >= 4 is 11.6 Å². The molecule has 24 heavy (non-hydrogen) atoms. The second kappa shape index (κ2) is 7.29. The molecule has 0 spiro atoms. The lowest BCUT2D eigenvalue weighted by molar-refractivity contribution is -0.124. The fourth-order valence-electron chi connectivity index (χ4n) is 2.84. The van der Waals surface area contributed by atoms with Crippen molar-refractivity contribution < 1.29 is 4.79 Å². The van der Waals surface area contributed by atoms with Crippen LogP contribution in [-0.4, -0.2) is 31.6 Å². The highest BCUT2D eigenvalue weighted by Gasteiger charge is 2.20. The average Bonchev–Trinajstić information content (AvgIpc) is 3.22. The van der Waals surface area contributed by atoms with Crippen LogP contribution in [0.15, 0.2) is 48.9 Å². The van der Waals surface area contributed by atoms with Gasteiger partial charge in [0.1, 0.15) is 11.9 Å². The molecule has 6 nitrogen and oxygen atoms in total. The molecular weight excluding hydrogens is 302 g/mol. The number of hydrogen-bond acceptors (Lipinski definition) is 3. The first kappa shape index (κ1) is 16.2. The standard InChI is InChI=1S/C18H23N5O/c1-14(2)13-15(22-10-5-6-11-22)18(24)19-9-8-17-21-20-16-7-3-4-12-23(16)17/h3-7,10-12,14-15H,8-9,13H2,1-2H3,(H,19,24)/t15-/m1/s1. The topological polar surface area (TPSA) is 64.2 Å². The van der Waals surface area contributed by atoms with Crippen molar-refractivity contribution in [3.05, 3.63) is 54.7 Å². The van der Waals surface area contributed by atoms with Crippen LogP contribution in [0.25, 0.3) is 5.65 Å². The van der Waals surface area contributed by atoms with Gasteiger partial charge in [0.2, 0.25) is 5.91 Å². The van der Waals surface area contributed by atoms with Gasteiger partial charge in [0, 0.05) is 31.6 Å². The maximum absolute atomic E-state index is 12.6. The smallest absolute Gasteiger partial charge is 0.243 e. The molecule has 1 N–H and O–H groups in total. The molecule has 0 aliphatic heterocycles. The van der Waals surface area contributed by atoms with E-state index in [-0.39, 0.29) is 11.9 Å². The molecule has 0 fully saturated rings. The zero-order chi connectivity index (χ0) is 16.9. The first-order chi connectivity index (χ1) is 11.6. The highest BCUT2D eigenvalue weighted by Crippen LogP contribution is 2.18. The lowest BCUT2D eigenvalue weighted by atomic mass is 10.0. The van der Waals surface area contributed by atoms with Crippen molar-refractivity contribution in [1.29, 1.82) is 0 Å². The Kier molecular flexibility index (Phi) is 4.93. The molecule has 0 bridgehead atoms. The minimum Gasteiger partial charge on any atom is -0.354 e. The third-order valence-corrected chi connectivity index (χ3v) is 4.02. The van der Waals surface area contributed by atoms with E-state index in [1.54, 1.807) is 0 Å². The zero-order valence-corrected chi connectivity index (χ0v) is 14.1. The van der Waals surface area contributed by atoms with Crippen LogP contribution < -0.4 is 5.32 Å². The molecule has 0 radical (unpaired) electrons. The number of nitrogens with one attached hydrogen (secondary N) is 1. The van der Waals surface area contributed by atoms with Crippen LogP contribution in [0.3, 0.4) is 0 Å². The summed E-state index contributed by atoms with van der Waals surface area (Å²) in [5.41, 5.74) is 0.823. The Morgan fingerprint density at radius 2 is 1.88 bits per heavy atom. The number of amides is 1. The zero-order valence-electron chi connectivity index (χ0n) is 14.1. The average molecular weight is 325 g/mol. The highest BCUT2D eigenvalue weighted by atomic mass is 16.2. The van der Waals surface area contributed by atoms with Crippen LogP contribution in [0, 0.1) is 5.92 Å². The van der Waals surface area contributed by atoms with Crippen molar-refractivity contribution in [3.8, 4) is 0 Å². The number of carbonyl (C=O) groups is 1. The molecule has 1 amide bonds. The van der Waals surface area contributed by atoms with Crippen molar-refractivity contribution in [2.24, 2.45) is 5.92 Å². The Morgan fingerprint density at radius 1 is 1.12 bits per heavy atom. The quantitative estimate of drug-likeness (QED) is 0.726. The summed E-state index contributed by atoms with van der Waals surface area (Å²) in [7, 11) is 0. The molecular formula is C18H23N5O. The van der Waals surface area contributed by atoms with E-state index in [0.717, 1.165) is 17.9 Å². The van der Waals surface area contributed by atoms with Crippen LogP contribution >= 0.6 is 0 Å². The van der Waals surface area contributed by atoms with Gasteiger partial charge in [0.15, 0.2) is 5.65 Å². The van der Waals surface area contributed by atoms with E-state index in [0.29, 0.717) is 18.9 Å². The first-order valence-corrected chi connectivity index (χ1v) is 8.34.